The highest BCUT2D eigenvalue weighted by molar-refractivity contribution is 5.83. The summed E-state index contributed by atoms with van der Waals surface area (Å²) < 4.78 is 8.67. The second kappa shape index (κ2) is 12.2. The molecular formula is C25H39N5O5. The van der Waals surface area contributed by atoms with E-state index >= 15 is 0 Å². The molecule has 35 heavy (non-hydrogen) atoms. The van der Waals surface area contributed by atoms with Crippen LogP contribution in [0.3, 0.4) is 0 Å². The van der Waals surface area contributed by atoms with E-state index in [0.29, 0.717) is 30.1 Å². The van der Waals surface area contributed by atoms with Gasteiger partial charge in [-0.3, -0.25) is 23.9 Å². The van der Waals surface area contributed by atoms with Gasteiger partial charge in [0.15, 0.2) is 17.3 Å². The average Bonchev–Trinajstić information content (AvgIpc) is 3.16. The molecule has 10 heteroatoms. The number of unbranched alkanes of at least 4 members (excludes halogenated alkanes) is 1. The zero-order valence-corrected chi connectivity index (χ0v) is 21.4. The van der Waals surface area contributed by atoms with Crippen molar-refractivity contribution in [1.82, 2.24) is 24.4 Å². The molecule has 1 aliphatic rings. The quantitative estimate of drug-likeness (QED) is 0.467. The summed E-state index contributed by atoms with van der Waals surface area (Å²) in [5, 5.41) is 2.98. The van der Waals surface area contributed by atoms with Crippen molar-refractivity contribution in [3.05, 3.63) is 26.7 Å². The van der Waals surface area contributed by atoms with Crippen LogP contribution in [0, 0.1) is 5.92 Å². The highest BCUT2D eigenvalue weighted by Crippen LogP contribution is 2.18. The molecule has 0 saturated heterocycles. The second-order valence-electron chi connectivity index (χ2n) is 9.94. The number of aromatic nitrogens is 4. The van der Waals surface area contributed by atoms with E-state index in [2.05, 4.69) is 15.3 Å². The van der Waals surface area contributed by atoms with E-state index in [4.69, 9.17) is 4.74 Å². The summed E-state index contributed by atoms with van der Waals surface area (Å²) in [6, 6.07) is 0.150. The number of hydrogen-bond donors (Lipinski definition) is 2. The summed E-state index contributed by atoms with van der Waals surface area (Å²) in [5.41, 5.74) is -0.268. The summed E-state index contributed by atoms with van der Waals surface area (Å²) >= 11 is 0. The maximum atomic E-state index is 12.7. The number of carbonyl (C=O) groups excluding carboxylic acids is 2. The summed E-state index contributed by atoms with van der Waals surface area (Å²) in [6.07, 6.45) is 6.36. The number of nitrogens with zero attached hydrogens (tertiary/aromatic N) is 3. The van der Waals surface area contributed by atoms with Crippen molar-refractivity contribution in [2.24, 2.45) is 5.92 Å². The lowest BCUT2D eigenvalue weighted by Gasteiger charge is -2.24. The van der Waals surface area contributed by atoms with Gasteiger partial charge in [0.25, 0.3) is 11.5 Å². The minimum Gasteiger partial charge on any atom is -0.453 e. The van der Waals surface area contributed by atoms with Gasteiger partial charge < -0.3 is 14.6 Å². The van der Waals surface area contributed by atoms with E-state index in [1.165, 1.54) is 11.0 Å². The molecule has 1 aliphatic carbocycles. The standard InChI is InChI=1S/C25H39N5O5/c1-5-6-14-29-22-21(24(33)28-25(29)34)30(15-16(2)3)19(27-22)12-13-20(31)35-17(4)23(32)26-18-10-8-7-9-11-18/h16-18H,5-15H2,1-4H3,(H,26,32)(H,28,33,34). The van der Waals surface area contributed by atoms with Gasteiger partial charge in [-0.2, -0.15) is 0 Å². The fourth-order valence-electron chi connectivity index (χ4n) is 4.58. The van der Waals surface area contributed by atoms with Crippen molar-refractivity contribution >= 4 is 23.0 Å². The molecule has 1 unspecified atom stereocenters. The molecule has 1 amide bonds. The van der Waals surface area contributed by atoms with E-state index in [9.17, 15) is 19.2 Å². The first-order valence-electron chi connectivity index (χ1n) is 12.9. The Morgan fingerprint density at radius 3 is 2.51 bits per heavy atom. The minimum atomic E-state index is -0.874. The van der Waals surface area contributed by atoms with Crippen molar-refractivity contribution in [3.63, 3.8) is 0 Å². The molecule has 10 nitrogen and oxygen atoms in total. The van der Waals surface area contributed by atoms with Gasteiger partial charge in [-0.05, 0) is 32.1 Å². The van der Waals surface area contributed by atoms with Crippen molar-refractivity contribution in [2.45, 2.75) is 111 Å². The molecule has 2 N–H and O–H groups in total. The van der Waals surface area contributed by atoms with Crippen LogP contribution in [0.15, 0.2) is 9.59 Å². The maximum Gasteiger partial charge on any atom is 0.330 e. The van der Waals surface area contributed by atoms with Gasteiger partial charge in [0.05, 0.1) is 6.42 Å². The Morgan fingerprint density at radius 1 is 1.14 bits per heavy atom. The number of ether oxygens (including phenoxy) is 1. The van der Waals surface area contributed by atoms with E-state index in [-0.39, 0.29) is 30.7 Å². The molecule has 1 atom stereocenters. The van der Waals surface area contributed by atoms with Crippen LogP contribution >= 0.6 is 0 Å². The van der Waals surface area contributed by atoms with Crippen LogP contribution in [-0.2, 0) is 33.8 Å². The van der Waals surface area contributed by atoms with E-state index in [0.717, 1.165) is 38.5 Å². The van der Waals surface area contributed by atoms with Crippen molar-refractivity contribution in [2.75, 3.05) is 0 Å². The van der Waals surface area contributed by atoms with Crippen LogP contribution in [-0.4, -0.2) is 43.1 Å². The number of H-pyrrole nitrogens is 1. The molecule has 1 fully saturated rings. The first-order valence-corrected chi connectivity index (χ1v) is 12.9. The highest BCUT2D eigenvalue weighted by Gasteiger charge is 2.24. The molecule has 0 aliphatic heterocycles. The van der Waals surface area contributed by atoms with Crippen LogP contribution < -0.4 is 16.6 Å². The Balaban J connectivity index is 1.74. The van der Waals surface area contributed by atoms with E-state index in [1.54, 1.807) is 11.5 Å². The van der Waals surface area contributed by atoms with Gasteiger partial charge in [-0.1, -0.05) is 46.5 Å². The molecule has 0 radical (unpaired) electrons. The number of nitrogens with one attached hydrogen (secondary N) is 2. The van der Waals surface area contributed by atoms with Gasteiger partial charge in [-0.15, -0.1) is 0 Å². The van der Waals surface area contributed by atoms with E-state index in [1.807, 2.05) is 20.8 Å². The van der Waals surface area contributed by atoms with Crippen LogP contribution in [0.2, 0.25) is 0 Å². The number of amides is 1. The molecular weight excluding hydrogens is 450 g/mol. The van der Waals surface area contributed by atoms with Crippen molar-refractivity contribution < 1.29 is 14.3 Å². The Kier molecular flexibility index (Phi) is 9.28. The Morgan fingerprint density at radius 2 is 1.86 bits per heavy atom. The molecule has 0 bridgehead atoms. The lowest BCUT2D eigenvalue weighted by molar-refractivity contribution is -0.155. The first-order chi connectivity index (χ1) is 16.7. The molecule has 0 spiro atoms. The fourth-order valence-corrected chi connectivity index (χ4v) is 4.58. The van der Waals surface area contributed by atoms with Crippen LogP contribution in [0.4, 0.5) is 0 Å². The normalized spacial score (nSPS) is 15.5. The average molecular weight is 490 g/mol. The largest absolute Gasteiger partial charge is 0.453 e. The lowest BCUT2D eigenvalue weighted by Crippen LogP contribution is -2.42. The minimum absolute atomic E-state index is 0.0135. The molecule has 2 aromatic rings. The van der Waals surface area contributed by atoms with Gasteiger partial charge in [0, 0.05) is 25.6 Å². The number of imidazole rings is 1. The summed E-state index contributed by atoms with van der Waals surface area (Å²) in [4.78, 5) is 57.1. The number of esters is 1. The van der Waals surface area contributed by atoms with E-state index < -0.39 is 23.3 Å². The summed E-state index contributed by atoms with van der Waals surface area (Å²) in [6.45, 7) is 8.64. The Bertz CT molecular complexity index is 1140. The van der Waals surface area contributed by atoms with Crippen LogP contribution in [0.25, 0.3) is 11.2 Å². The number of aromatic amines is 1. The number of rotatable bonds is 11. The van der Waals surface area contributed by atoms with Crippen LogP contribution in [0.5, 0.6) is 0 Å². The topological polar surface area (TPSA) is 128 Å². The van der Waals surface area contributed by atoms with Gasteiger partial charge in [-0.25, -0.2) is 9.78 Å². The van der Waals surface area contributed by atoms with Crippen molar-refractivity contribution in [3.8, 4) is 0 Å². The molecule has 194 valence electrons. The second-order valence-corrected chi connectivity index (χ2v) is 9.94. The van der Waals surface area contributed by atoms with Gasteiger partial charge >= 0.3 is 11.7 Å². The smallest absolute Gasteiger partial charge is 0.330 e. The maximum absolute atomic E-state index is 12.7. The molecule has 3 rings (SSSR count). The third-order valence-electron chi connectivity index (χ3n) is 6.43. The number of aryl methyl sites for hydroxylation is 2. The van der Waals surface area contributed by atoms with Gasteiger partial charge in [0.1, 0.15) is 5.82 Å². The third-order valence-corrected chi connectivity index (χ3v) is 6.43. The molecule has 2 heterocycles. The first kappa shape index (κ1) is 26.7. The summed E-state index contributed by atoms with van der Waals surface area (Å²) in [5.74, 6) is -0.0103. The van der Waals surface area contributed by atoms with Crippen LogP contribution in [0.1, 0.15) is 84.9 Å². The molecule has 0 aromatic carbocycles. The highest BCUT2D eigenvalue weighted by atomic mass is 16.5. The monoisotopic (exact) mass is 489 g/mol. The molecule has 2 aromatic heterocycles. The predicted molar refractivity (Wildman–Crippen MR) is 133 cm³/mol. The summed E-state index contributed by atoms with van der Waals surface area (Å²) in [7, 11) is 0. The number of hydrogen-bond acceptors (Lipinski definition) is 6. The third kappa shape index (κ3) is 6.82. The Labute approximate surface area is 205 Å². The lowest BCUT2D eigenvalue weighted by atomic mass is 9.95. The number of fused-ring (bicyclic) bond motifs is 1. The number of carbonyl (C=O) groups is 2. The SMILES string of the molecule is CCCCn1c(=O)[nH]c(=O)c2c1nc(CCC(=O)OC(C)C(=O)NC1CCCCC1)n2CC(C)C. The van der Waals surface area contributed by atoms with Crippen molar-refractivity contribution in [1.29, 1.82) is 0 Å². The zero-order chi connectivity index (χ0) is 25.5. The predicted octanol–water partition coefficient (Wildman–Crippen LogP) is 2.66. The molecule has 1 saturated carbocycles. The zero-order valence-electron chi connectivity index (χ0n) is 21.4. The fraction of sp³-hybridized carbons (Fsp3) is 0.720. The Hall–Kier alpha value is -2.91. The van der Waals surface area contributed by atoms with Gasteiger partial charge in [0.2, 0.25) is 0 Å².